The van der Waals surface area contributed by atoms with Crippen LogP contribution in [0.3, 0.4) is 0 Å². The molecule has 178 valence electrons. The lowest BCUT2D eigenvalue weighted by Crippen LogP contribution is -2.36. The quantitative estimate of drug-likeness (QED) is 0.199. The van der Waals surface area contributed by atoms with Gasteiger partial charge in [0, 0.05) is 6.20 Å². The number of imidazole rings is 1. The van der Waals surface area contributed by atoms with Crippen molar-refractivity contribution in [2.24, 2.45) is 0 Å². The highest BCUT2D eigenvalue weighted by Gasteiger charge is 2.38. The highest BCUT2D eigenvalue weighted by Crippen LogP contribution is 2.40. The van der Waals surface area contributed by atoms with Crippen molar-refractivity contribution in [2.45, 2.75) is 31.7 Å². The summed E-state index contributed by atoms with van der Waals surface area (Å²) in [5, 5.41) is 0. The molecule has 5 aromatic rings. The van der Waals surface area contributed by atoms with Crippen LogP contribution in [-0.4, -0.2) is 9.55 Å². The molecule has 0 aliphatic carbocycles. The maximum atomic E-state index is 4.81. The Morgan fingerprint density at radius 3 is 1.69 bits per heavy atom. The van der Waals surface area contributed by atoms with Crippen molar-refractivity contribution in [2.75, 3.05) is 0 Å². The van der Waals surface area contributed by atoms with Crippen molar-refractivity contribution in [3.63, 3.8) is 0 Å². The van der Waals surface area contributed by atoms with Crippen LogP contribution in [0.5, 0.6) is 0 Å². The number of nitrogens with zero attached hydrogens (tertiary/aromatic N) is 2. The molecule has 1 aromatic heterocycles. The van der Waals surface area contributed by atoms with Gasteiger partial charge in [0.15, 0.2) is 0 Å². The van der Waals surface area contributed by atoms with Gasteiger partial charge in [0.2, 0.25) is 0 Å². The number of aromatic nitrogens is 2. The SMILES string of the molecule is CCCCc1ccc(/C=C/c2cn(C(c3ccccc3)(c3ccccc3)c3ccccc3)cn2)cc1. The van der Waals surface area contributed by atoms with Crippen molar-refractivity contribution in [3.05, 3.63) is 161 Å². The van der Waals surface area contributed by atoms with Crippen LogP contribution >= 0.6 is 0 Å². The van der Waals surface area contributed by atoms with Crippen LogP contribution in [-0.2, 0) is 12.0 Å². The molecule has 0 atom stereocenters. The molecular formula is C34H32N2. The van der Waals surface area contributed by atoms with Gasteiger partial charge in [0.1, 0.15) is 5.54 Å². The number of rotatable bonds is 9. The van der Waals surface area contributed by atoms with Crippen LogP contribution in [0.4, 0.5) is 0 Å². The molecule has 0 bridgehead atoms. The maximum absolute atomic E-state index is 4.81. The van der Waals surface area contributed by atoms with Gasteiger partial charge >= 0.3 is 0 Å². The minimum absolute atomic E-state index is 0.538. The molecule has 0 aliphatic rings. The van der Waals surface area contributed by atoms with E-state index in [1.54, 1.807) is 0 Å². The molecule has 0 radical (unpaired) electrons. The summed E-state index contributed by atoms with van der Waals surface area (Å²) in [6, 6.07) is 40.9. The third-order valence-corrected chi connectivity index (χ3v) is 6.81. The van der Waals surface area contributed by atoms with E-state index in [1.807, 2.05) is 6.33 Å². The monoisotopic (exact) mass is 468 g/mol. The van der Waals surface area contributed by atoms with Gasteiger partial charge in [-0.2, -0.15) is 0 Å². The Hall–Kier alpha value is -4.17. The molecular weight excluding hydrogens is 436 g/mol. The summed E-state index contributed by atoms with van der Waals surface area (Å²) in [4.78, 5) is 4.81. The zero-order valence-corrected chi connectivity index (χ0v) is 20.8. The molecule has 2 nitrogen and oxygen atoms in total. The molecule has 0 saturated carbocycles. The molecule has 1 heterocycles. The number of aryl methyl sites for hydroxylation is 1. The van der Waals surface area contributed by atoms with Crippen LogP contribution in [0.2, 0.25) is 0 Å². The molecule has 36 heavy (non-hydrogen) atoms. The molecule has 0 N–H and O–H groups in total. The Labute approximate surface area is 214 Å². The fourth-order valence-corrected chi connectivity index (χ4v) is 4.95. The first-order valence-corrected chi connectivity index (χ1v) is 12.8. The molecule has 0 fully saturated rings. The van der Waals surface area contributed by atoms with Crippen molar-refractivity contribution in [1.82, 2.24) is 9.55 Å². The van der Waals surface area contributed by atoms with Gasteiger partial charge in [-0.05, 0) is 46.7 Å². The molecule has 0 amide bonds. The number of benzene rings is 4. The van der Waals surface area contributed by atoms with E-state index in [4.69, 9.17) is 4.98 Å². The van der Waals surface area contributed by atoms with E-state index in [-0.39, 0.29) is 0 Å². The van der Waals surface area contributed by atoms with E-state index in [0.717, 1.165) is 12.1 Å². The lowest BCUT2D eigenvalue weighted by atomic mass is 9.77. The Morgan fingerprint density at radius 2 is 1.19 bits per heavy atom. The summed E-state index contributed by atoms with van der Waals surface area (Å²) in [5.74, 6) is 0. The molecule has 4 aromatic carbocycles. The normalized spacial score (nSPS) is 11.7. The summed E-state index contributed by atoms with van der Waals surface area (Å²) >= 11 is 0. The molecule has 0 spiro atoms. The molecule has 5 rings (SSSR count). The van der Waals surface area contributed by atoms with E-state index in [1.165, 1.54) is 40.7 Å². The smallest absolute Gasteiger partial charge is 0.121 e. The fourth-order valence-electron chi connectivity index (χ4n) is 4.95. The van der Waals surface area contributed by atoms with Crippen molar-refractivity contribution in [1.29, 1.82) is 0 Å². The summed E-state index contributed by atoms with van der Waals surface area (Å²) in [5.41, 5.74) is 6.55. The first-order chi connectivity index (χ1) is 17.8. The zero-order valence-electron chi connectivity index (χ0n) is 20.8. The van der Waals surface area contributed by atoms with E-state index in [2.05, 4.69) is 145 Å². The van der Waals surface area contributed by atoms with E-state index >= 15 is 0 Å². The molecule has 0 saturated heterocycles. The Balaban J connectivity index is 1.57. The second-order valence-corrected chi connectivity index (χ2v) is 9.19. The average Bonchev–Trinajstić information content (AvgIpc) is 3.43. The van der Waals surface area contributed by atoms with Gasteiger partial charge in [0.05, 0.1) is 12.0 Å². The summed E-state index contributed by atoms with van der Waals surface area (Å²) < 4.78 is 2.25. The Morgan fingerprint density at radius 1 is 0.667 bits per heavy atom. The van der Waals surface area contributed by atoms with Gasteiger partial charge in [0.25, 0.3) is 0 Å². The van der Waals surface area contributed by atoms with Gasteiger partial charge in [-0.3, -0.25) is 0 Å². The maximum Gasteiger partial charge on any atom is 0.121 e. The molecule has 0 aliphatic heterocycles. The van der Waals surface area contributed by atoms with Crippen LogP contribution in [0, 0.1) is 0 Å². The van der Waals surface area contributed by atoms with Crippen molar-refractivity contribution < 1.29 is 0 Å². The minimum Gasteiger partial charge on any atom is -0.318 e. The predicted octanol–water partition coefficient (Wildman–Crippen LogP) is 8.24. The van der Waals surface area contributed by atoms with Gasteiger partial charge in [-0.25, -0.2) is 4.98 Å². The zero-order chi connectivity index (χ0) is 24.6. The average molecular weight is 469 g/mol. The lowest BCUT2D eigenvalue weighted by Gasteiger charge is -2.37. The van der Waals surface area contributed by atoms with Gasteiger partial charge in [-0.1, -0.05) is 135 Å². The summed E-state index contributed by atoms with van der Waals surface area (Å²) in [6.07, 6.45) is 12.0. The molecule has 0 unspecified atom stereocenters. The minimum atomic E-state index is -0.538. The Kier molecular flexibility index (Phi) is 7.23. The lowest BCUT2D eigenvalue weighted by molar-refractivity contribution is 0.514. The van der Waals surface area contributed by atoms with E-state index < -0.39 is 5.54 Å². The standard InChI is InChI=1S/C34H32N2/c1-2-3-13-28-20-22-29(23-21-28)24-25-33-26-36(27-35-33)34(30-14-7-4-8-15-30,31-16-9-5-10-17-31)32-18-11-6-12-19-32/h4-12,14-27H,2-3,13H2,1H3/b25-24+. The third kappa shape index (κ3) is 4.81. The van der Waals surface area contributed by atoms with Crippen LogP contribution in [0.1, 0.15) is 53.3 Å². The second-order valence-electron chi connectivity index (χ2n) is 9.19. The van der Waals surface area contributed by atoms with Gasteiger partial charge in [-0.15, -0.1) is 0 Å². The number of unbranched alkanes of at least 4 members (excludes halogenated alkanes) is 1. The fraction of sp³-hybridized carbons (Fsp3) is 0.147. The van der Waals surface area contributed by atoms with Crippen molar-refractivity contribution in [3.8, 4) is 0 Å². The first-order valence-electron chi connectivity index (χ1n) is 12.8. The highest BCUT2D eigenvalue weighted by atomic mass is 15.1. The second kappa shape index (κ2) is 11.0. The third-order valence-electron chi connectivity index (χ3n) is 6.81. The molecule has 2 heteroatoms. The number of hydrogen-bond acceptors (Lipinski definition) is 1. The van der Waals surface area contributed by atoms with Crippen LogP contribution in [0.25, 0.3) is 12.2 Å². The topological polar surface area (TPSA) is 17.8 Å². The van der Waals surface area contributed by atoms with E-state index in [0.29, 0.717) is 0 Å². The largest absolute Gasteiger partial charge is 0.318 e. The van der Waals surface area contributed by atoms with Crippen LogP contribution in [0.15, 0.2) is 128 Å². The van der Waals surface area contributed by atoms with Crippen LogP contribution < -0.4 is 0 Å². The summed E-state index contributed by atoms with van der Waals surface area (Å²) in [7, 11) is 0. The number of hydrogen-bond donors (Lipinski definition) is 0. The summed E-state index contributed by atoms with van der Waals surface area (Å²) in [6.45, 7) is 2.23. The highest BCUT2D eigenvalue weighted by molar-refractivity contribution is 5.68. The Bertz CT molecular complexity index is 1290. The van der Waals surface area contributed by atoms with E-state index in [9.17, 15) is 0 Å². The first kappa shape index (κ1) is 23.6. The predicted molar refractivity (Wildman–Crippen MR) is 151 cm³/mol. The van der Waals surface area contributed by atoms with Gasteiger partial charge < -0.3 is 4.57 Å². The van der Waals surface area contributed by atoms with Crippen molar-refractivity contribution >= 4 is 12.2 Å².